The van der Waals surface area contributed by atoms with Crippen molar-refractivity contribution in [2.75, 3.05) is 19.7 Å². The molecule has 0 aliphatic carbocycles. The van der Waals surface area contributed by atoms with Crippen LogP contribution < -0.4 is 4.74 Å². The smallest absolute Gasteiger partial charge is 0.260 e. The molecule has 2 amide bonds. The fraction of sp³-hybridized carbons (Fsp3) is 0.440. The lowest BCUT2D eigenvalue weighted by Crippen LogP contribution is -2.45. The number of amides is 2. The van der Waals surface area contributed by atoms with Crippen LogP contribution in [0, 0.1) is 5.82 Å². The highest BCUT2D eigenvalue weighted by Gasteiger charge is 2.29. The van der Waals surface area contributed by atoms with Crippen molar-refractivity contribution in [3.8, 4) is 5.75 Å². The van der Waals surface area contributed by atoms with Gasteiger partial charge in [0.2, 0.25) is 0 Å². The van der Waals surface area contributed by atoms with Gasteiger partial charge in [0.05, 0.1) is 0 Å². The maximum absolute atomic E-state index is 14.0. The molecule has 2 aliphatic rings. The van der Waals surface area contributed by atoms with Gasteiger partial charge in [0.1, 0.15) is 11.6 Å². The molecular weight excluding hydrogens is 395 g/mol. The van der Waals surface area contributed by atoms with E-state index < -0.39 is 0 Å². The van der Waals surface area contributed by atoms with E-state index in [1.165, 1.54) is 12.5 Å². The number of likely N-dealkylation sites (tertiary alicyclic amines) is 1. The minimum atomic E-state index is -0.306. The first kappa shape index (κ1) is 21.3. The Bertz CT molecular complexity index is 962. The molecular formula is C25H29FN2O3. The molecule has 31 heavy (non-hydrogen) atoms. The molecule has 0 saturated carbocycles. The van der Waals surface area contributed by atoms with Gasteiger partial charge in [-0.2, -0.15) is 0 Å². The third-order valence-electron chi connectivity index (χ3n) is 6.37. The standard InChI is InChI=1S/C25H29FN2O3/c1-2-19-9-5-6-14-28(19)24(29)17-31-23-12-7-10-21-20(23)13-15-27(25(21)30)16-18-8-3-4-11-22(18)26/h3-4,7-8,10-12,19H,2,5-6,9,13-17H2,1H3/t19-/m0/s1. The van der Waals surface area contributed by atoms with Crippen molar-refractivity contribution in [3.63, 3.8) is 0 Å². The Labute approximate surface area is 182 Å². The number of hydrogen-bond acceptors (Lipinski definition) is 3. The average molecular weight is 425 g/mol. The summed E-state index contributed by atoms with van der Waals surface area (Å²) in [5.74, 6) is 0.158. The summed E-state index contributed by atoms with van der Waals surface area (Å²) < 4.78 is 19.9. The number of piperidine rings is 1. The molecule has 0 aromatic heterocycles. The van der Waals surface area contributed by atoms with Gasteiger partial charge in [0.25, 0.3) is 11.8 Å². The maximum Gasteiger partial charge on any atom is 0.260 e. The molecule has 0 unspecified atom stereocenters. The van der Waals surface area contributed by atoms with Crippen molar-refractivity contribution in [3.05, 3.63) is 65.0 Å². The predicted octanol–water partition coefficient (Wildman–Crippen LogP) is 4.19. The second-order valence-corrected chi connectivity index (χ2v) is 8.28. The molecule has 0 N–H and O–H groups in total. The normalized spacial score (nSPS) is 18.6. The van der Waals surface area contributed by atoms with Crippen LogP contribution >= 0.6 is 0 Å². The van der Waals surface area contributed by atoms with Gasteiger partial charge in [-0.15, -0.1) is 0 Å². The molecule has 2 heterocycles. The highest BCUT2D eigenvalue weighted by atomic mass is 19.1. The van der Waals surface area contributed by atoms with Gasteiger partial charge in [-0.25, -0.2) is 4.39 Å². The fourth-order valence-electron chi connectivity index (χ4n) is 4.64. The highest BCUT2D eigenvalue weighted by Crippen LogP contribution is 2.29. The molecule has 1 fully saturated rings. The first-order chi connectivity index (χ1) is 15.1. The van der Waals surface area contributed by atoms with Crippen LogP contribution in [0.1, 0.15) is 54.1 Å². The van der Waals surface area contributed by atoms with Gasteiger partial charge in [-0.05, 0) is 50.3 Å². The van der Waals surface area contributed by atoms with Crippen molar-refractivity contribution in [1.82, 2.24) is 9.80 Å². The zero-order valence-corrected chi connectivity index (χ0v) is 18.0. The summed E-state index contributed by atoms with van der Waals surface area (Å²) >= 11 is 0. The third-order valence-corrected chi connectivity index (χ3v) is 6.37. The van der Waals surface area contributed by atoms with E-state index in [-0.39, 0.29) is 30.8 Å². The minimum absolute atomic E-state index is 0.00692. The molecule has 0 radical (unpaired) electrons. The second kappa shape index (κ2) is 9.50. The van der Waals surface area contributed by atoms with Crippen molar-refractivity contribution in [1.29, 1.82) is 0 Å². The van der Waals surface area contributed by atoms with Gasteiger partial charge in [0, 0.05) is 42.4 Å². The molecule has 4 rings (SSSR count). The summed E-state index contributed by atoms with van der Waals surface area (Å²) in [7, 11) is 0. The summed E-state index contributed by atoms with van der Waals surface area (Å²) in [6.07, 6.45) is 4.82. The van der Waals surface area contributed by atoms with Gasteiger partial charge in [0.15, 0.2) is 6.61 Å². The second-order valence-electron chi connectivity index (χ2n) is 8.28. The summed E-state index contributed by atoms with van der Waals surface area (Å²) in [5, 5.41) is 0. The highest BCUT2D eigenvalue weighted by molar-refractivity contribution is 5.97. The van der Waals surface area contributed by atoms with E-state index in [1.807, 2.05) is 11.0 Å². The molecule has 5 nitrogen and oxygen atoms in total. The van der Waals surface area contributed by atoms with Crippen molar-refractivity contribution < 1.29 is 18.7 Å². The molecule has 2 aliphatic heterocycles. The lowest BCUT2D eigenvalue weighted by Gasteiger charge is -2.35. The lowest BCUT2D eigenvalue weighted by molar-refractivity contribution is -0.137. The Kier molecular flexibility index (Phi) is 6.54. The van der Waals surface area contributed by atoms with Crippen LogP contribution in [0.5, 0.6) is 5.75 Å². The Morgan fingerprint density at radius 1 is 1.13 bits per heavy atom. The third kappa shape index (κ3) is 4.58. The quantitative estimate of drug-likeness (QED) is 0.699. The van der Waals surface area contributed by atoms with Crippen LogP contribution in [0.3, 0.4) is 0 Å². The molecule has 1 atom stereocenters. The van der Waals surface area contributed by atoms with Crippen molar-refractivity contribution in [2.45, 2.75) is 51.6 Å². The number of rotatable bonds is 6. The summed E-state index contributed by atoms with van der Waals surface area (Å²) in [6, 6.07) is 12.2. The Hall–Kier alpha value is -2.89. The van der Waals surface area contributed by atoms with E-state index in [0.29, 0.717) is 35.9 Å². The van der Waals surface area contributed by atoms with Gasteiger partial charge >= 0.3 is 0 Å². The molecule has 2 aromatic carbocycles. The van der Waals surface area contributed by atoms with E-state index in [4.69, 9.17) is 4.74 Å². The van der Waals surface area contributed by atoms with E-state index >= 15 is 0 Å². The van der Waals surface area contributed by atoms with Crippen LogP contribution in [0.4, 0.5) is 4.39 Å². The molecule has 164 valence electrons. The number of benzene rings is 2. The molecule has 0 bridgehead atoms. The van der Waals surface area contributed by atoms with Crippen molar-refractivity contribution >= 4 is 11.8 Å². The largest absolute Gasteiger partial charge is 0.483 e. The SMILES string of the molecule is CC[C@H]1CCCCN1C(=O)COc1cccc2c1CCN(Cc1ccccc1F)C2=O. The number of carbonyl (C=O) groups excluding carboxylic acids is 2. The predicted molar refractivity (Wildman–Crippen MR) is 116 cm³/mol. The number of fused-ring (bicyclic) bond motifs is 1. The molecule has 6 heteroatoms. The number of carbonyl (C=O) groups is 2. The summed E-state index contributed by atoms with van der Waals surface area (Å²) in [6.45, 7) is 3.61. The number of hydrogen-bond donors (Lipinski definition) is 0. The van der Waals surface area contributed by atoms with E-state index in [1.54, 1.807) is 35.2 Å². The van der Waals surface area contributed by atoms with Crippen LogP contribution in [0.25, 0.3) is 0 Å². The van der Waals surface area contributed by atoms with Gasteiger partial charge < -0.3 is 14.5 Å². The van der Waals surface area contributed by atoms with Gasteiger partial charge in [-0.1, -0.05) is 31.2 Å². The van der Waals surface area contributed by atoms with Crippen LogP contribution in [0.15, 0.2) is 42.5 Å². The van der Waals surface area contributed by atoms with Crippen LogP contribution in [-0.4, -0.2) is 47.4 Å². The van der Waals surface area contributed by atoms with E-state index in [0.717, 1.165) is 31.4 Å². The number of ether oxygens (including phenoxy) is 1. The molecule has 2 aromatic rings. The number of halogens is 1. The Morgan fingerprint density at radius 2 is 1.97 bits per heavy atom. The molecule has 0 spiro atoms. The summed E-state index contributed by atoms with van der Waals surface area (Å²) in [4.78, 5) is 29.4. The Morgan fingerprint density at radius 3 is 2.77 bits per heavy atom. The number of nitrogens with zero attached hydrogens (tertiary/aromatic N) is 2. The molecule has 1 saturated heterocycles. The Balaban J connectivity index is 1.44. The monoisotopic (exact) mass is 424 g/mol. The first-order valence-corrected chi connectivity index (χ1v) is 11.1. The summed E-state index contributed by atoms with van der Waals surface area (Å²) in [5.41, 5.74) is 1.90. The van der Waals surface area contributed by atoms with Crippen LogP contribution in [-0.2, 0) is 17.8 Å². The van der Waals surface area contributed by atoms with Gasteiger partial charge in [-0.3, -0.25) is 9.59 Å². The zero-order valence-electron chi connectivity index (χ0n) is 18.0. The lowest BCUT2D eigenvalue weighted by atomic mass is 9.97. The minimum Gasteiger partial charge on any atom is -0.483 e. The topological polar surface area (TPSA) is 49.9 Å². The van der Waals surface area contributed by atoms with E-state index in [2.05, 4.69) is 6.92 Å². The van der Waals surface area contributed by atoms with Crippen LogP contribution in [0.2, 0.25) is 0 Å². The van der Waals surface area contributed by atoms with E-state index in [9.17, 15) is 14.0 Å². The fourth-order valence-corrected chi connectivity index (χ4v) is 4.64. The first-order valence-electron chi connectivity index (χ1n) is 11.1. The average Bonchev–Trinajstić information content (AvgIpc) is 2.80. The van der Waals surface area contributed by atoms with Crippen molar-refractivity contribution in [2.24, 2.45) is 0 Å². The zero-order chi connectivity index (χ0) is 21.8. The maximum atomic E-state index is 14.0.